The molecule has 0 saturated carbocycles. The van der Waals surface area contributed by atoms with Crippen LogP contribution in [0.15, 0.2) is 48.9 Å². The number of aliphatic hydroxyl groups excluding tert-OH is 1. The summed E-state index contributed by atoms with van der Waals surface area (Å²) in [5.74, 6) is -3.08. The number of carbonyl (C=O) groups is 5. The number of hydrogen-bond donors (Lipinski definition) is 5. The number of amides is 4. The predicted molar refractivity (Wildman–Crippen MR) is 281 cm³/mol. The van der Waals surface area contributed by atoms with E-state index in [1.807, 2.05) is 6.92 Å². The number of fused-ring (bicyclic) bond motifs is 1. The fourth-order valence-electron chi connectivity index (χ4n) is 9.12. The van der Waals surface area contributed by atoms with Gasteiger partial charge in [0.1, 0.15) is 81.4 Å². The number of nitrogens with one attached hydrogen (secondary N) is 4. The van der Waals surface area contributed by atoms with Gasteiger partial charge in [0, 0.05) is 93.2 Å². The van der Waals surface area contributed by atoms with Crippen LogP contribution in [0.4, 0.5) is 31.1 Å². The summed E-state index contributed by atoms with van der Waals surface area (Å²) < 4.78 is 97.8. The number of pyridine rings is 3. The van der Waals surface area contributed by atoms with Gasteiger partial charge in [-0.05, 0) is 96.5 Å². The second-order valence-electron chi connectivity index (χ2n) is 20.3. The standard InChI is InChI=1S/C24H24F2N4O5.C18H22F2N4O4.C13H14F2N4O2/c1-13-16(2-3-17-18(13)12-34-23(17)33)20(31)11-30-6-4-15(5-7-30)29-22(32)19-8-21(35-24(25)26)14(9-27)10-28-19;1-18(2,3)28-17(26)24-6-4-12(5-7-24)23-15(25)13-8-14(27-16(19)20)11(9-21)10-22-13;14-13(15)21-11-5-10(18-7-8(11)6-16)12(20)19-9-1-3-17-4-2-9/h2-3,8,10,15,20,24,31H,4-7,11-12H2,1H3,(H,29,32);8,10,12,16H,4-7H2,1-3H3,(H,23,25);5,7,9,13,17H,1-4H2,(H,19,20)/t20-;;/m0../s1. The Morgan fingerprint density at radius 3 is 1.49 bits per heavy atom. The first-order valence-electron chi connectivity index (χ1n) is 26.3. The minimum Gasteiger partial charge on any atom is -0.457 e. The van der Waals surface area contributed by atoms with E-state index >= 15 is 0 Å². The molecule has 4 amide bonds. The lowest BCUT2D eigenvalue weighted by atomic mass is 9.94. The van der Waals surface area contributed by atoms with Crippen LogP contribution in [0.3, 0.4) is 0 Å². The number of alkyl halides is 6. The number of nitriles is 3. The van der Waals surface area contributed by atoms with E-state index in [0.29, 0.717) is 64.0 Å². The Bertz CT molecular complexity index is 3130. The van der Waals surface area contributed by atoms with E-state index in [4.69, 9.17) is 25.3 Å². The maximum atomic E-state index is 12.6. The first-order chi connectivity index (χ1) is 39.9. The van der Waals surface area contributed by atoms with Crippen LogP contribution in [0.5, 0.6) is 17.2 Å². The Kier molecular flexibility index (Phi) is 22.9. The van der Waals surface area contributed by atoms with Crippen LogP contribution in [0.1, 0.15) is 141 Å². The fraction of sp³-hybridized carbons (Fsp3) is 0.473. The maximum absolute atomic E-state index is 12.6. The summed E-state index contributed by atoms with van der Waals surface area (Å²) >= 11 is 0. The number of likely N-dealkylation sites (tertiary alicyclic amines) is 2. The molecule has 4 aromatic rings. The summed E-state index contributed by atoms with van der Waals surface area (Å²) in [6, 6.07) is 11.3. The number of hydrogen-bond acceptors (Lipinski definition) is 19. The molecule has 5 N–H and O–H groups in total. The Balaban J connectivity index is 0.000000209. The summed E-state index contributed by atoms with van der Waals surface area (Å²) in [6.07, 6.45) is 5.82. The van der Waals surface area contributed by atoms with Crippen molar-refractivity contribution < 1.29 is 79.1 Å². The lowest BCUT2D eigenvalue weighted by molar-refractivity contribution is -0.0508. The van der Waals surface area contributed by atoms with E-state index in [9.17, 15) is 55.4 Å². The number of carbonyl (C=O) groups excluding carboxylic acids is 5. The van der Waals surface area contributed by atoms with Crippen molar-refractivity contribution in [2.75, 3.05) is 45.8 Å². The molecule has 8 rings (SSSR count). The molecule has 3 aromatic heterocycles. The minimum atomic E-state index is -3.13. The molecular weight excluding hydrogens is 1120 g/mol. The number of ether oxygens (including phenoxy) is 5. The second kappa shape index (κ2) is 29.9. The highest BCUT2D eigenvalue weighted by Gasteiger charge is 2.31. The molecule has 448 valence electrons. The third kappa shape index (κ3) is 18.6. The van der Waals surface area contributed by atoms with E-state index in [0.717, 1.165) is 79.4 Å². The summed E-state index contributed by atoms with van der Waals surface area (Å²) in [7, 11) is 0. The lowest BCUT2D eigenvalue weighted by Gasteiger charge is -2.33. The molecular formula is C55H60F6N12O11. The number of β-amino-alcohol motifs (C(OH)–C–C–N with tert-alkyl or cyclic N) is 1. The van der Waals surface area contributed by atoms with Gasteiger partial charge in [-0.3, -0.25) is 14.4 Å². The molecule has 0 aliphatic carbocycles. The number of nitrogens with zero attached hydrogens (tertiary/aromatic N) is 8. The van der Waals surface area contributed by atoms with E-state index in [1.54, 1.807) is 56.0 Å². The predicted octanol–water partition coefficient (Wildman–Crippen LogP) is 6.18. The maximum Gasteiger partial charge on any atom is 0.410 e. The number of aromatic nitrogens is 3. The molecule has 0 radical (unpaired) electrons. The van der Waals surface area contributed by atoms with E-state index in [2.05, 4.69) is 55.3 Å². The van der Waals surface area contributed by atoms with Crippen LogP contribution < -0.4 is 35.5 Å². The summed E-state index contributed by atoms with van der Waals surface area (Å²) in [5.41, 5.74) is 1.55. The average Bonchev–Trinajstić information content (AvgIpc) is 4.08. The molecule has 84 heavy (non-hydrogen) atoms. The third-order valence-electron chi connectivity index (χ3n) is 13.4. The summed E-state index contributed by atoms with van der Waals surface area (Å²) in [4.78, 5) is 75.9. The number of halogens is 6. The van der Waals surface area contributed by atoms with Gasteiger partial charge in [0.15, 0.2) is 0 Å². The SMILES string of the molecule is CC(C)(C)OC(=O)N1CCC(NC(=O)c2cc(OC(F)F)c(C#N)cn2)CC1.Cc1c([C@@H](O)CN2CCC(NC(=O)c3cc(OC(F)F)c(C#N)cn3)CC2)ccc2c1COC2=O.N#Cc1cnc(C(=O)NC2CCNCC2)cc1OC(F)F. The van der Waals surface area contributed by atoms with Gasteiger partial charge in [0.25, 0.3) is 17.7 Å². The van der Waals surface area contributed by atoms with E-state index in [-0.39, 0.29) is 70.2 Å². The first-order valence-corrected chi connectivity index (χ1v) is 26.3. The third-order valence-corrected chi connectivity index (χ3v) is 13.4. The largest absolute Gasteiger partial charge is 0.457 e. The van der Waals surface area contributed by atoms with Crippen LogP contribution in [-0.2, 0) is 16.1 Å². The van der Waals surface area contributed by atoms with Gasteiger partial charge in [-0.15, -0.1) is 0 Å². The fourth-order valence-corrected chi connectivity index (χ4v) is 9.12. The molecule has 4 aliphatic rings. The molecule has 1 atom stereocenters. The number of cyclic esters (lactones) is 1. The molecule has 0 spiro atoms. The first kappa shape index (κ1) is 64.3. The quantitative estimate of drug-likeness (QED) is 0.0655. The Hall–Kier alpha value is -8.85. The number of aliphatic hydroxyl groups is 1. The molecule has 23 nitrogen and oxygen atoms in total. The van der Waals surface area contributed by atoms with Gasteiger partial charge in [0.2, 0.25) is 0 Å². The number of benzene rings is 1. The topological polar surface area (TPSA) is 316 Å². The number of esters is 1. The Labute approximate surface area is 478 Å². The second-order valence-corrected chi connectivity index (χ2v) is 20.3. The Morgan fingerprint density at radius 2 is 1.10 bits per heavy atom. The van der Waals surface area contributed by atoms with Crippen LogP contribution in [0.2, 0.25) is 0 Å². The van der Waals surface area contributed by atoms with Gasteiger partial charge >= 0.3 is 31.9 Å². The normalized spacial score (nSPS) is 16.0. The molecule has 29 heteroatoms. The zero-order chi connectivity index (χ0) is 61.3. The molecule has 3 saturated heterocycles. The van der Waals surface area contributed by atoms with Crippen molar-refractivity contribution in [3.8, 4) is 35.5 Å². The van der Waals surface area contributed by atoms with Gasteiger partial charge < -0.3 is 59.9 Å². The van der Waals surface area contributed by atoms with Crippen molar-refractivity contribution in [3.05, 3.63) is 105 Å². The lowest BCUT2D eigenvalue weighted by Crippen LogP contribution is -2.47. The number of piperidine rings is 3. The number of rotatable bonds is 15. The molecule has 7 heterocycles. The van der Waals surface area contributed by atoms with Crippen LogP contribution in [-0.4, -0.2) is 149 Å². The van der Waals surface area contributed by atoms with Gasteiger partial charge in [-0.1, -0.05) is 6.07 Å². The highest BCUT2D eigenvalue weighted by Crippen LogP contribution is 2.31. The summed E-state index contributed by atoms with van der Waals surface area (Å²) in [6.45, 7) is 2.25. The zero-order valence-electron chi connectivity index (χ0n) is 45.9. The highest BCUT2D eigenvalue weighted by atomic mass is 19.3. The summed E-state index contributed by atoms with van der Waals surface area (Å²) in [5, 5.41) is 49.0. The van der Waals surface area contributed by atoms with Crippen LogP contribution >= 0.6 is 0 Å². The molecule has 1 aromatic carbocycles. The Morgan fingerprint density at radius 1 is 0.690 bits per heavy atom. The van der Waals surface area contributed by atoms with E-state index < -0.39 is 66.9 Å². The van der Waals surface area contributed by atoms with Crippen molar-refractivity contribution in [1.29, 1.82) is 15.8 Å². The van der Waals surface area contributed by atoms with Crippen molar-refractivity contribution >= 4 is 29.8 Å². The van der Waals surface area contributed by atoms with Crippen LogP contribution in [0, 0.1) is 40.9 Å². The molecule has 0 unspecified atom stereocenters. The zero-order valence-corrected chi connectivity index (χ0v) is 45.9. The van der Waals surface area contributed by atoms with Crippen molar-refractivity contribution in [3.63, 3.8) is 0 Å². The molecule has 4 aliphatic heterocycles. The molecule has 3 fully saturated rings. The monoisotopic (exact) mass is 1180 g/mol. The van der Waals surface area contributed by atoms with Crippen molar-refractivity contribution in [2.45, 2.75) is 122 Å². The van der Waals surface area contributed by atoms with Crippen molar-refractivity contribution in [1.82, 2.24) is 46.0 Å². The highest BCUT2D eigenvalue weighted by molar-refractivity contribution is 5.95. The van der Waals surface area contributed by atoms with E-state index in [1.165, 1.54) is 0 Å². The minimum absolute atomic E-state index is 0.0238. The molecule has 0 bridgehead atoms. The average molecular weight is 1180 g/mol. The smallest absolute Gasteiger partial charge is 0.410 e. The van der Waals surface area contributed by atoms with Crippen molar-refractivity contribution in [2.24, 2.45) is 0 Å². The van der Waals surface area contributed by atoms with Gasteiger partial charge in [-0.25, -0.2) is 24.5 Å². The van der Waals surface area contributed by atoms with Crippen LogP contribution in [0.25, 0.3) is 0 Å². The van der Waals surface area contributed by atoms with Gasteiger partial charge in [0.05, 0.1) is 11.7 Å². The van der Waals surface area contributed by atoms with Gasteiger partial charge in [-0.2, -0.15) is 42.1 Å².